The van der Waals surface area contributed by atoms with Crippen molar-refractivity contribution in [1.82, 2.24) is 5.32 Å². The van der Waals surface area contributed by atoms with Gasteiger partial charge in [-0.3, -0.25) is 14.4 Å². The Hall–Kier alpha value is -1.73. The molecule has 0 aromatic carbocycles. The maximum Gasteiger partial charge on any atom is 0.309 e. The number of carboxylic acid groups (broad SMARTS) is 1. The minimum Gasteiger partial charge on any atom is -0.481 e. The summed E-state index contributed by atoms with van der Waals surface area (Å²) in [5, 5.41) is 25.7. The number of Topliss-reactive ketones (excluding diaryl/α,β-unsaturated/α-hetero) is 1. The van der Waals surface area contributed by atoms with Crippen molar-refractivity contribution in [1.29, 1.82) is 0 Å². The van der Waals surface area contributed by atoms with Crippen LogP contribution >= 0.6 is 0 Å². The molecule has 0 spiro atoms. The topological polar surface area (TPSA) is 113 Å². The fraction of sp³-hybridized carbons (Fsp3) is 0.886. The molecular weight excluding hydrogens is 638 g/mol. The van der Waals surface area contributed by atoms with E-state index in [0.717, 1.165) is 56.9 Å². The summed E-state index contributed by atoms with van der Waals surface area (Å²) in [6, 6.07) is 0.442. The number of esters is 1. The Balaban J connectivity index is 1.27. The van der Waals surface area contributed by atoms with Gasteiger partial charge in [0.15, 0.2) is 5.78 Å². The van der Waals surface area contributed by atoms with E-state index in [2.05, 4.69) is 60.7 Å². The maximum absolute atomic E-state index is 14.1. The van der Waals surface area contributed by atoms with Gasteiger partial charge >= 0.3 is 11.9 Å². The molecule has 51 heavy (non-hydrogen) atoms. The van der Waals surface area contributed by atoms with E-state index in [4.69, 9.17) is 4.74 Å². The number of carbonyl (C=O) groups excluding carboxylic acids is 2. The fourth-order valence-electron chi connectivity index (χ4n) is 14.0. The van der Waals surface area contributed by atoms with E-state index in [-0.39, 0.29) is 45.9 Å². The molecule has 0 bridgehead atoms. The van der Waals surface area contributed by atoms with Gasteiger partial charge < -0.3 is 20.3 Å². The lowest BCUT2D eigenvalue weighted by Crippen LogP contribution is -2.66. The van der Waals surface area contributed by atoms with Crippen LogP contribution in [0.4, 0.5) is 0 Å². The summed E-state index contributed by atoms with van der Waals surface area (Å²) in [7, 11) is 0. The Morgan fingerprint density at radius 1 is 0.902 bits per heavy atom. The number of aliphatic hydroxyl groups is 1. The molecule has 0 saturated heterocycles. The number of rotatable bonds is 9. The van der Waals surface area contributed by atoms with Crippen LogP contribution in [0, 0.1) is 62.1 Å². The Labute approximate surface area is 308 Å². The number of fused-ring (bicyclic) bond motifs is 7. The van der Waals surface area contributed by atoms with Gasteiger partial charge in [-0.1, -0.05) is 73.8 Å². The van der Waals surface area contributed by atoms with Crippen molar-refractivity contribution in [2.24, 2.45) is 62.1 Å². The zero-order valence-corrected chi connectivity index (χ0v) is 33.8. The normalized spacial score (nSPS) is 42.8. The molecule has 6 aliphatic carbocycles. The lowest BCUT2D eigenvalue weighted by atomic mass is 9.33. The maximum atomic E-state index is 14.1. The van der Waals surface area contributed by atoms with Crippen LogP contribution in [0.5, 0.6) is 0 Å². The van der Waals surface area contributed by atoms with E-state index in [1.54, 1.807) is 13.8 Å². The van der Waals surface area contributed by atoms with Gasteiger partial charge in [0.25, 0.3) is 0 Å². The Morgan fingerprint density at radius 2 is 1.59 bits per heavy atom. The fourth-order valence-corrected chi connectivity index (χ4v) is 14.0. The number of allylic oxidation sites excluding steroid dienone is 1. The average Bonchev–Trinajstić information content (AvgIpc) is 3.35. The van der Waals surface area contributed by atoms with Crippen molar-refractivity contribution in [3.63, 3.8) is 0 Å². The number of carboxylic acids is 1. The number of ether oxygens (including phenoxy) is 1. The molecule has 11 unspecified atom stereocenters. The number of hydrogen-bond acceptors (Lipinski definition) is 6. The summed E-state index contributed by atoms with van der Waals surface area (Å²) in [5.74, 6) is 0.846. The van der Waals surface area contributed by atoms with Crippen LogP contribution in [-0.4, -0.2) is 52.7 Å². The molecule has 0 amide bonds. The number of aliphatic hydroxyl groups excluding tert-OH is 1. The third kappa shape index (κ3) is 6.00. The summed E-state index contributed by atoms with van der Waals surface area (Å²) in [5.41, 5.74) is 0.724. The highest BCUT2D eigenvalue weighted by Crippen LogP contribution is 2.77. The number of ketones is 1. The van der Waals surface area contributed by atoms with Crippen LogP contribution in [0.1, 0.15) is 159 Å². The predicted molar refractivity (Wildman–Crippen MR) is 201 cm³/mol. The van der Waals surface area contributed by atoms with Crippen molar-refractivity contribution in [2.45, 2.75) is 177 Å². The van der Waals surface area contributed by atoms with Gasteiger partial charge in [-0.05, 0) is 129 Å². The van der Waals surface area contributed by atoms with E-state index < -0.39 is 28.9 Å². The van der Waals surface area contributed by atoms with Gasteiger partial charge in [-0.2, -0.15) is 0 Å². The number of carbonyl (C=O) groups is 3. The zero-order chi connectivity index (χ0) is 37.5. The molecule has 11 atom stereocenters. The summed E-state index contributed by atoms with van der Waals surface area (Å²) in [4.78, 5) is 38.9. The second-order valence-corrected chi connectivity index (χ2v) is 20.8. The minimum atomic E-state index is -1.15. The highest BCUT2D eigenvalue weighted by molar-refractivity contribution is 6.00. The second-order valence-electron chi connectivity index (χ2n) is 20.8. The molecule has 5 saturated carbocycles. The molecule has 7 heteroatoms. The molecule has 6 aliphatic rings. The average molecular weight is 710 g/mol. The van der Waals surface area contributed by atoms with Gasteiger partial charge in [0, 0.05) is 29.8 Å². The highest BCUT2D eigenvalue weighted by atomic mass is 16.5. The van der Waals surface area contributed by atoms with Crippen LogP contribution < -0.4 is 5.32 Å². The Morgan fingerprint density at radius 3 is 2.24 bits per heavy atom. The largest absolute Gasteiger partial charge is 0.481 e. The SMILES string of the molecule is CC(C)C1=C2C3CCC4C5(C)CCC(OC(=O)CC(C)(C)C(=O)O)C(C)(C)C5CCC4(C)C3(C)CCC2(C(O)CNC2CCCCC2C)CC1=O. The lowest BCUT2D eigenvalue weighted by molar-refractivity contribution is -0.235. The molecular formula is C44H71NO6. The van der Waals surface area contributed by atoms with Crippen molar-refractivity contribution in [2.75, 3.05) is 6.54 Å². The number of aliphatic carboxylic acids is 1. The van der Waals surface area contributed by atoms with E-state index in [0.29, 0.717) is 42.7 Å². The van der Waals surface area contributed by atoms with Crippen LogP contribution in [0.25, 0.3) is 0 Å². The van der Waals surface area contributed by atoms with Crippen molar-refractivity contribution < 1.29 is 29.3 Å². The molecule has 0 heterocycles. The van der Waals surface area contributed by atoms with Gasteiger partial charge in [-0.25, -0.2) is 0 Å². The Kier molecular flexibility index (Phi) is 10.1. The van der Waals surface area contributed by atoms with E-state index >= 15 is 0 Å². The number of nitrogens with one attached hydrogen (secondary N) is 1. The first-order valence-electron chi connectivity index (χ1n) is 20.8. The molecule has 288 valence electrons. The summed E-state index contributed by atoms with van der Waals surface area (Å²) in [6.45, 7) is 22.7. The first kappa shape index (κ1) is 39.0. The minimum absolute atomic E-state index is 0.0222. The molecule has 0 aliphatic heterocycles. The second kappa shape index (κ2) is 13.2. The first-order valence-corrected chi connectivity index (χ1v) is 20.8. The standard InChI is InChI=1S/C44H71NO6/c1-26(2)36-30(46)23-44(33(47)25-45-29-14-12-11-13-27(29)3)22-21-42(9)28(37(36)44)15-16-32-41(8)19-18-34(51-35(48)24-39(4,5)38(49)50)40(6,7)31(41)17-20-43(32,42)10/h26-29,31-34,45,47H,11-25H2,1-10H3,(H,49,50). The van der Waals surface area contributed by atoms with Gasteiger partial charge in [0.2, 0.25) is 0 Å². The van der Waals surface area contributed by atoms with E-state index in [9.17, 15) is 24.6 Å². The van der Waals surface area contributed by atoms with Crippen molar-refractivity contribution >= 4 is 17.7 Å². The highest BCUT2D eigenvalue weighted by Gasteiger charge is 2.70. The molecule has 5 fully saturated rings. The molecule has 0 radical (unpaired) electrons. The predicted octanol–water partition coefficient (Wildman–Crippen LogP) is 8.91. The van der Waals surface area contributed by atoms with E-state index in [1.165, 1.54) is 31.3 Å². The quantitative estimate of drug-likeness (QED) is 0.205. The van der Waals surface area contributed by atoms with Crippen LogP contribution in [0.2, 0.25) is 0 Å². The molecule has 7 nitrogen and oxygen atoms in total. The summed E-state index contributed by atoms with van der Waals surface area (Å²) in [6.07, 6.45) is 12.6. The Bertz CT molecular complexity index is 1430. The van der Waals surface area contributed by atoms with Gasteiger partial charge in [-0.15, -0.1) is 0 Å². The molecule has 0 aromatic rings. The number of hydrogen-bond donors (Lipinski definition) is 3. The van der Waals surface area contributed by atoms with Gasteiger partial charge in [0.05, 0.1) is 17.9 Å². The molecule has 3 N–H and O–H groups in total. The van der Waals surface area contributed by atoms with Crippen molar-refractivity contribution in [3.8, 4) is 0 Å². The smallest absolute Gasteiger partial charge is 0.309 e. The lowest BCUT2D eigenvalue weighted by Gasteiger charge is -2.72. The summed E-state index contributed by atoms with van der Waals surface area (Å²) >= 11 is 0. The third-order valence-corrected chi connectivity index (χ3v) is 17.2. The molecule has 0 aromatic heterocycles. The monoisotopic (exact) mass is 710 g/mol. The first-order chi connectivity index (χ1) is 23.7. The van der Waals surface area contributed by atoms with Crippen LogP contribution in [0.15, 0.2) is 11.1 Å². The van der Waals surface area contributed by atoms with Crippen molar-refractivity contribution in [3.05, 3.63) is 11.1 Å². The van der Waals surface area contributed by atoms with Crippen LogP contribution in [-0.2, 0) is 19.1 Å². The third-order valence-electron chi connectivity index (χ3n) is 17.2. The van der Waals surface area contributed by atoms with E-state index in [1.807, 2.05) is 0 Å². The summed E-state index contributed by atoms with van der Waals surface area (Å²) < 4.78 is 6.17. The van der Waals surface area contributed by atoms with Crippen LogP contribution in [0.3, 0.4) is 0 Å². The van der Waals surface area contributed by atoms with Gasteiger partial charge in [0.1, 0.15) is 6.10 Å². The zero-order valence-electron chi connectivity index (χ0n) is 33.8. The molecule has 6 rings (SSSR count).